The van der Waals surface area contributed by atoms with Gasteiger partial charge in [0, 0.05) is 35.9 Å². The number of ether oxygens (including phenoxy) is 1. The Morgan fingerprint density at radius 1 is 0.795 bits per heavy atom. The zero-order chi connectivity index (χ0) is 27.8. The van der Waals surface area contributed by atoms with Crippen LogP contribution < -0.4 is 9.46 Å². The largest absolute Gasteiger partial charge is 0.497 e. The fraction of sp³-hybridized carbons (Fsp3) is 0.188. The van der Waals surface area contributed by atoms with Gasteiger partial charge in [0.25, 0.3) is 0 Å². The number of Topliss-reactive ketones (excluding diaryl/α,β-unsaturated/α-hetero) is 2. The number of sulfonamides is 1. The van der Waals surface area contributed by atoms with Gasteiger partial charge in [0.15, 0.2) is 11.6 Å². The number of methoxy groups -OCH3 is 1. The van der Waals surface area contributed by atoms with Gasteiger partial charge in [-0.25, -0.2) is 13.1 Å². The predicted octanol–water partition coefficient (Wildman–Crippen LogP) is 5.84. The van der Waals surface area contributed by atoms with E-state index in [4.69, 9.17) is 4.74 Å². The van der Waals surface area contributed by atoms with E-state index in [1.165, 1.54) is 19.2 Å². The molecule has 0 fully saturated rings. The van der Waals surface area contributed by atoms with E-state index in [1.807, 2.05) is 43.3 Å². The van der Waals surface area contributed by atoms with Crippen molar-refractivity contribution in [2.75, 3.05) is 13.7 Å². The second kappa shape index (κ2) is 12.7. The highest BCUT2D eigenvalue weighted by atomic mass is 32.2. The lowest BCUT2D eigenvalue weighted by atomic mass is 9.77. The number of carbonyl (C=O) groups is 2. The molecule has 2 unspecified atom stereocenters. The molecule has 1 N–H and O–H groups in total. The minimum absolute atomic E-state index is 0.0284. The molecule has 4 rings (SSSR count). The third-order valence-electron chi connectivity index (χ3n) is 6.73. The highest BCUT2D eigenvalue weighted by Crippen LogP contribution is 2.33. The Bertz CT molecular complexity index is 1520. The molecule has 0 saturated heterocycles. The lowest BCUT2D eigenvalue weighted by Gasteiger charge is -2.27. The van der Waals surface area contributed by atoms with E-state index >= 15 is 0 Å². The van der Waals surface area contributed by atoms with Crippen LogP contribution in [-0.2, 0) is 10.0 Å². The second-order valence-electron chi connectivity index (χ2n) is 9.38. The van der Waals surface area contributed by atoms with Gasteiger partial charge < -0.3 is 4.74 Å². The zero-order valence-corrected chi connectivity index (χ0v) is 22.7. The van der Waals surface area contributed by atoms with E-state index in [-0.39, 0.29) is 29.4 Å². The van der Waals surface area contributed by atoms with Crippen LogP contribution in [-0.4, -0.2) is 33.6 Å². The van der Waals surface area contributed by atoms with Crippen molar-refractivity contribution >= 4 is 21.6 Å². The molecule has 0 saturated carbocycles. The predicted molar refractivity (Wildman–Crippen MR) is 152 cm³/mol. The Morgan fingerprint density at radius 3 is 2.05 bits per heavy atom. The molecule has 39 heavy (non-hydrogen) atoms. The number of aryl methyl sites for hydroxylation is 1. The van der Waals surface area contributed by atoms with E-state index < -0.39 is 21.9 Å². The normalized spacial score (nSPS) is 12.9. The number of nitrogens with one attached hydrogen (secondary N) is 1. The van der Waals surface area contributed by atoms with Crippen LogP contribution in [0.15, 0.2) is 114 Å². The average molecular weight is 542 g/mol. The Kier molecular flexibility index (Phi) is 9.07. The monoisotopic (exact) mass is 541 g/mol. The Hall–Kier alpha value is -4.07. The molecule has 0 aliphatic carbocycles. The molecule has 0 bridgehead atoms. The molecule has 0 aliphatic rings. The van der Waals surface area contributed by atoms with Gasteiger partial charge in [0.2, 0.25) is 10.0 Å². The summed E-state index contributed by atoms with van der Waals surface area (Å²) in [6.07, 6.45) is 0.0284. The SMILES string of the molecule is COc1cccc(C(=O)C(CNS(=O)(=O)c2ccc(C)cc2)C(CC(=O)c2ccccc2)c2ccccc2)c1. The minimum Gasteiger partial charge on any atom is -0.497 e. The van der Waals surface area contributed by atoms with Crippen molar-refractivity contribution in [2.24, 2.45) is 5.92 Å². The first-order chi connectivity index (χ1) is 18.8. The van der Waals surface area contributed by atoms with Gasteiger partial charge in [-0.3, -0.25) is 9.59 Å². The number of hydrogen-bond donors (Lipinski definition) is 1. The summed E-state index contributed by atoms with van der Waals surface area (Å²) in [5.41, 5.74) is 2.62. The second-order valence-corrected chi connectivity index (χ2v) is 11.1. The first-order valence-corrected chi connectivity index (χ1v) is 14.1. The maximum absolute atomic E-state index is 14.0. The van der Waals surface area contributed by atoms with E-state index in [0.29, 0.717) is 16.9 Å². The number of hydrogen-bond acceptors (Lipinski definition) is 5. The van der Waals surface area contributed by atoms with Crippen LogP contribution in [0.25, 0.3) is 0 Å². The van der Waals surface area contributed by atoms with Gasteiger partial charge in [-0.2, -0.15) is 0 Å². The summed E-state index contributed by atoms with van der Waals surface area (Å²) >= 11 is 0. The van der Waals surface area contributed by atoms with Crippen molar-refractivity contribution in [2.45, 2.75) is 24.2 Å². The van der Waals surface area contributed by atoms with E-state index in [1.54, 1.807) is 60.7 Å². The molecule has 6 nitrogen and oxygen atoms in total. The topological polar surface area (TPSA) is 89.5 Å². The molecule has 4 aromatic carbocycles. The van der Waals surface area contributed by atoms with Crippen LogP contribution in [0.4, 0.5) is 0 Å². The van der Waals surface area contributed by atoms with Crippen molar-refractivity contribution in [1.82, 2.24) is 4.72 Å². The number of carbonyl (C=O) groups excluding carboxylic acids is 2. The number of benzene rings is 4. The molecule has 4 aromatic rings. The molecule has 2 atom stereocenters. The molecule has 0 radical (unpaired) electrons. The molecule has 0 aromatic heterocycles. The van der Waals surface area contributed by atoms with Crippen LogP contribution >= 0.6 is 0 Å². The molecule has 200 valence electrons. The molecule has 0 aliphatic heterocycles. The van der Waals surface area contributed by atoms with Crippen LogP contribution in [0.2, 0.25) is 0 Å². The molecule has 0 heterocycles. The van der Waals surface area contributed by atoms with Crippen molar-refractivity contribution in [3.05, 3.63) is 131 Å². The Balaban J connectivity index is 1.74. The maximum Gasteiger partial charge on any atom is 0.240 e. The van der Waals surface area contributed by atoms with Crippen LogP contribution in [0, 0.1) is 12.8 Å². The Morgan fingerprint density at radius 2 is 1.41 bits per heavy atom. The molecule has 0 amide bonds. The van der Waals surface area contributed by atoms with Gasteiger partial charge in [-0.05, 0) is 36.8 Å². The van der Waals surface area contributed by atoms with Gasteiger partial charge >= 0.3 is 0 Å². The Labute approximate surface area is 229 Å². The summed E-state index contributed by atoms with van der Waals surface area (Å²) in [7, 11) is -2.39. The van der Waals surface area contributed by atoms with Gasteiger partial charge in [0.1, 0.15) is 5.75 Å². The van der Waals surface area contributed by atoms with Crippen molar-refractivity contribution in [1.29, 1.82) is 0 Å². The summed E-state index contributed by atoms with van der Waals surface area (Å²) in [5.74, 6) is -1.35. The van der Waals surface area contributed by atoms with Gasteiger partial charge in [-0.1, -0.05) is 90.5 Å². The van der Waals surface area contributed by atoms with Gasteiger partial charge in [0.05, 0.1) is 12.0 Å². The van der Waals surface area contributed by atoms with E-state index in [0.717, 1.165) is 11.1 Å². The molecular formula is C32H31NO5S. The third kappa shape index (κ3) is 7.07. The smallest absolute Gasteiger partial charge is 0.240 e. The lowest BCUT2D eigenvalue weighted by molar-refractivity contribution is 0.0878. The van der Waals surface area contributed by atoms with Gasteiger partial charge in [-0.15, -0.1) is 0 Å². The highest BCUT2D eigenvalue weighted by molar-refractivity contribution is 7.89. The average Bonchev–Trinajstić information content (AvgIpc) is 2.97. The van der Waals surface area contributed by atoms with Crippen molar-refractivity contribution in [3.63, 3.8) is 0 Å². The summed E-state index contributed by atoms with van der Waals surface area (Å²) in [6, 6.07) is 31.4. The standard InChI is InChI=1S/C32H31NO5S/c1-23-16-18-28(19-17-23)39(36,37)33-22-30(32(35)26-14-9-15-27(20-26)38-2)29(24-10-5-3-6-11-24)21-31(34)25-12-7-4-8-13-25/h3-20,29-30,33H,21-22H2,1-2H3. The lowest BCUT2D eigenvalue weighted by Crippen LogP contribution is -2.37. The summed E-state index contributed by atoms with van der Waals surface area (Å²) in [6.45, 7) is 1.69. The molecular weight excluding hydrogens is 510 g/mol. The maximum atomic E-state index is 14.0. The summed E-state index contributed by atoms with van der Waals surface area (Å²) in [5, 5.41) is 0. The zero-order valence-electron chi connectivity index (χ0n) is 21.9. The van der Waals surface area contributed by atoms with E-state index in [9.17, 15) is 18.0 Å². The molecule has 0 spiro atoms. The third-order valence-corrected chi connectivity index (χ3v) is 8.17. The minimum atomic E-state index is -3.91. The number of rotatable bonds is 12. The van der Waals surface area contributed by atoms with Crippen LogP contribution in [0.5, 0.6) is 5.75 Å². The van der Waals surface area contributed by atoms with E-state index in [2.05, 4.69) is 4.72 Å². The quantitative estimate of drug-likeness (QED) is 0.228. The summed E-state index contributed by atoms with van der Waals surface area (Å²) < 4.78 is 34.4. The fourth-order valence-electron chi connectivity index (χ4n) is 4.54. The number of ketones is 2. The first-order valence-electron chi connectivity index (χ1n) is 12.7. The van der Waals surface area contributed by atoms with Crippen LogP contribution in [0.3, 0.4) is 0 Å². The first kappa shape index (κ1) is 28.0. The van der Waals surface area contributed by atoms with Crippen LogP contribution in [0.1, 0.15) is 44.2 Å². The highest BCUT2D eigenvalue weighted by Gasteiger charge is 2.33. The molecule has 7 heteroatoms. The van der Waals surface area contributed by atoms with Crippen molar-refractivity contribution < 1.29 is 22.7 Å². The fourth-order valence-corrected chi connectivity index (χ4v) is 5.60. The van der Waals surface area contributed by atoms with Crippen molar-refractivity contribution in [3.8, 4) is 5.75 Å². The summed E-state index contributed by atoms with van der Waals surface area (Å²) in [4.78, 5) is 27.5.